The van der Waals surface area contributed by atoms with Crippen molar-refractivity contribution < 1.29 is 9.53 Å². The number of carbonyl (C=O) groups is 1. The molecule has 0 aliphatic carbocycles. The number of ether oxygens (including phenoxy) is 1. The number of carbonyl (C=O) groups excluding carboxylic acids is 1. The molecule has 0 aliphatic rings. The van der Waals surface area contributed by atoms with Gasteiger partial charge in [-0.05, 0) is 29.8 Å². The number of rotatable bonds is 3. The zero-order valence-corrected chi connectivity index (χ0v) is 9.96. The normalized spacial score (nSPS) is 9.78. The van der Waals surface area contributed by atoms with Crippen LogP contribution in [0.5, 0.6) is 0 Å². The van der Waals surface area contributed by atoms with Crippen LogP contribution in [-0.2, 0) is 11.3 Å². The van der Waals surface area contributed by atoms with E-state index in [9.17, 15) is 4.79 Å². The summed E-state index contributed by atoms with van der Waals surface area (Å²) in [5.74, 6) is -0.347. The third-order valence-electron chi connectivity index (χ3n) is 2.67. The molecule has 1 aromatic carbocycles. The number of aromatic nitrogens is 1. The van der Waals surface area contributed by atoms with Crippen LogP contribution in [-0.4, -0.2) is 17.6 Å². The zero-order chi connectivity index (χ0) is 13.0. The molecule has 0 bridgehead atoms. The van der Waals surface area contributed by atoms with Gasteiger partial charge in [0.25, 0.3) is 0 Å². The molecule has 0 spiro atoms. The Balaban J connectivity index is 2.16. The van der Waals surface area contributed by atoms with Gasteiger partial charge in [-0.15, -0.1) is 0 Å². The Morgan fingerprint density at radius 2 is 2.06 bits per heavy atom. The molecule has 0 amide bonds. The summed E-state index contributed by atoms with van der Waals surface area (Å²) in [5.41, 5.74) is 2.16. The van der Waals surface area contributed by atoms with Crippen LogP contribution in [0.15, 0.2) is 42.6 Å². The molecule has 90 valence electrons. The average molecular weight is 240 g/mol. The molecule has 1 aromatic heterocycles. The maximum absolute atomic E-state index is 11.3. The molecule has 0 aliphatic heterocycles. The van der Waals surface area contributed by atoms with E-state index >= 15 is 0 Å². The van der Waals surface area contributed by atoms with Crippen molar-refractivity contribution in [2.75, 3.05) is 7.11 Å². The Hall–Kier alpha value is -2.54. The summed E-state index contributed by atoms with van der Waals surface area (Å²) in [6.07, 6.45) is 1.85. The lowest BCUT2D eigenvalue weighted by atomic mass is 10.1. The molecular formula is C14H12N2O2. The van der Waals surface area contributed by atoms with E-state index in [-0.39, 0.29) is 5.97 Å². The molecule has 4 heteroatoms. The number of hydrogen-bond acceptors (Lipinski definition) is 3. The second-order valence-corrected chi connectivity index (χ2v) is 3.82. The van der Waals surface area contributed by atoms with Crippen molar-refractivity contribution in [3.8, 4) is 6.07 Å². The summed E-state index contributed by atoms with van der Waals surface area (Å²) in [6, 6.07) is 12.9. The van der Waals surface area contributed by atoms with Gasteiger partial charge in [-0.2, -0.15) is 5.26 Å². The van der Waals surface area contributed by atoms with Crippen LogP contribution in [0.1, 0.15) is 21.6 Å². The molecule has 0 saturated carbocycles. The van der Waals surface area contributed by atoms with E-state index in [2.05, 4.69) is 10.8 Å². The van der Waals surface area contributed by atoms with E-state index in [0.29, 0.717) is 17.8 Å². The molecule has 0 unspecified atom stereocenters. The standard InChI is InChI=1S/C14H12N2O2/c1-18-14(17)12-6-4-11(5-7-12)10-16-8-2-3-13(16)9-15/h2-8H,10H2,1H3. The van der Waals surface area contributed by atoms with Gasteiger partial charge in [0, 0.05) is 12.7 Å². The van der Waals surface area contributed by atoms with Crippen molar-refractivity contribution in [2.45, 2.75) is 6.54 Å². The highest BCUT2D eigenvalue weighted by Gasteiger charge is 2.05. The molecule has 0 atom stereocenters. The Labute approximate surface area is 105 Å². The Bertz CT molecular complexity index is 591. The van der Waals surface area contributed by atoms with Gasteiger partial charge >= 0.3 is 5.97 Å². The summed E-state index contributed by atoms with van der Waals surface area (Å²) in [4.78, 5) is 11.3. The molecule has 1 heterocycles. The third kappa shape index (κ3) is 2.41. The lowest BCUT2D eigenvalue weighted by Crippen LogP contribution is -2.03. The van der Waals surface area contributed by atoms with E-state index in [0.717, 1.165) is 5.56 Å². The fraction of sp³-hybridized carbons (Fsp3) is 0.143. The van der Waals surface area contributed by atoms with Gasteiger partial charge in [0.1, 0.15) is 11.8 Å². The number of benzene rings is 1. The summed E-state index contributed by atoms with van der Waals surface area (Å²) >= 11 is 0. The van der Waals surface area contributed by atoms with E-state index < -0.39 is 0 Å². The number of nitriles is 1. The molecule has 4 nitrogen and oxygen atoms in total. The van der Waals surface area contributed by atoms with Crippen molar-refractivity contribution in [1.82, 2.24) is 4.57 Å². The first-order chi connectivity index (χ1) is 8.74. The predicted octanol–water partition coefficient (Wildman–Crippen LogP) is 2.19. The SMILES string of the molecule is COC(=O)c1ccc(Cn2cccc2C#N)cc1. The Morgan fingerprint density at radius 3 is 2.67 bits per heavy atom. The van der Waals surface area contributed by atoms with Gasteiger partial charge in [0.05, 0.1) is 12.7 Å². The number of nitrogens with zero attached hydrogens (tertiary/aromatic N) is 2. The number of methoxy groups -OCH3 is 1. The number of esters is 1. The minimum atomic E-state index is -0.347. The first-order valence-corrected chi connectivity index (χ1v) is 5.47. The van der Waals surface area contributed by atoms with Crippen molar-refractivity contribution in [3.63, 3.8) is 0 Å². The summed E-state index contributed by atoms with van der Waals surface area (Å²) in [5, 5.41) is 8.90. The Morgan fingerprint density at radius 1 is 1.33 bits per heavy atom. The van der Waals surface area contributed by atoms with Crippen LogP contribution < -0.4 is 0 Å². The number of hydrogen-bond donors (Lipinski definition) is 0. The van der Waals surface area contributed by atoms with Crippen LogP contribution in [0.4, 0.5) is 0 Å². The molecule has 0 fully saturated rings. The quantitative estimate of drug-likeness (QED) is 0.773. The molecule has 18 heavy (non-hydrogen) atoms. The van der Waals surface area contributed by atoms with Crippen molar-refractivity contribution >= 4 is 5.97 Å². The highest BCUT2D eigenvalue weighted by Crippen LogP contribution is 2.09. The monoisotopic (exact) mass is 240 g/mol. The van der Waals surface area contributed by atoms with Gasteiger partial charge in [0.15, 0.2) is 0 Å². The maximum atomic E-state index is 11.3. The van der Waals surface area contributed by atoms with E-state index in [1.807, 2.05) is 29.0 Å². The first-order valence-electron chi connectivity index (χ1n) is 5.47. The van der Waals surface area contributed by atoms with E-state index in [1.165, 1.54) is 7.11 Å². The van der Waals surface area contributed by atoms with E-state index in [4.69, 9.17) is 5.26 Å². The first kappa shape index (κ1) is 11.9. The van der Waals surface area contributed by atoms with E-state index in [1.54, 1.807) is 18.2 Å². The highest BCUT2D eigenvalue weighted by atomic mass is 16.5. The second kappa shape index (κ2) is 5.19. The molecular weight excluding hydrogens is 228 g/mol. The molecule has 0 radical (unpaired) electrons. The van der Waals surface area contributed by atoms with Crippen LogP contribution in [0.3, 0.4) is 0 Å². The van der Waals surface area contributed by atoms with Crippen molar-refractivity contribution in [2.24, 2.45) is 0 Å². The van der Waals surface area contributed by atoms with Gasteiger partial charge < -0.3 is 9.30 Å². The molecule has 2 rings (SSSR count). The smallest absolute Gasteiger partial charge is 0.337 e. The fourth-order valence-electron chi connectivity index (χ4n) is 1.71. The minimum absolute atomic E-state index is 0.347. The second-order valence-electron chi connectivity index (χ2n) is 3.82. The van der Waals surface area contributed by atoms with Crippen LogP contribution in [0.25, 0.3) is 0 Å². The molecule has 0 N–H and O–H groups in total. The van der Waals surface area contributed by atoms with Crippen LogP contribution >= 0.6 is 0 Å². The van der Waals surface area contributed by atoms with Crippen molar-refractivity contribution in [3.05, 3.63) is 59.4 Å². The van der Waals surface area contributed by atoms with Gasteiger partial charge in [-0.1, -0.05) is 12.1 Å². The van der Waals surface area contributed by atoms with Gasteiger partial charge in [-0.25, -0.2) is 4.79 Å². The zero-order valence-electron chi connectivity index (χ0n) is 9.96. The van der Waals surface area contributed by atoms with Gasteiger partial charge in [0.2, 0.25) is 0 Å². The summed E-state index contributed by atoms with van der Waals surface area (Å²) < 4.78 is 6.49. The maximum Gasteiger partial charge on any atom is 0.337 e. The topological polar surface area (TPSA) is 55.0 Å². The third-order valence-corrected chi connectivity index (χ3v) is 2.67. The van der Waals surface area contributed by atoms with Crippen LogP contribution in [0, 0.1) is 11.3 Å². The minimum Gasteiger partial charge on any atom is -0.465 e. The lowest BCUT2D eigenvalue weighted by molar-refractivity contribution is 0.0600. The largest absolute Gasteiger partial charge is 0.465 e. The summed E-state index contributed by atoms with van der Waals surface area (Å²) in [7, 11) is 1.36. The van der Waals surface area contributed by atoms with Crippen molar-refractivity contribution in [1.29, 1.82) is 5.26 Å². The molecule has 0 saturated heterocycles. The highest BCUT2D eigenvalue weighted by molar-refractivity contribution is 5.89. The predicted molar refractivity (Wildman–Crippen MR) is 66.0 cm³/mol. The average Bonchev–Trinajstić information content (AvgIpc) is 2.86. The Kier molecular flexibility index (Phi) is 3.44. The summed E-state index contributed by atoms with van der Waals surface area (Å²) in [6.45, 7) is 0.608. The fourth-order valence-corrected chi connectivity index (χ4v) is 1.71. The van der Waals surface area contributed by atoms with Gasteiger partial charge in [-0.3, -0.25) is 0 Å². The molecule has 2 aromatic rings. The van der Waals surface area contributed by atoms with Crippen LogP contribution in [0.2, 0.25) is 0 Å². The lowest BCUT2D eigenvalue weighted by Gasteiger charge is -2.05.